The molecule has 1 aromatic rings. The van der Waals surface area contributed by atoms with Gasteiger partial charge in [0.15, 0.2) is 8.46 Å². The smallest absolute Gasteiger partial charge is 0.307 e. The maximum atomic E-state index is 10.8. The quantitative estimate of drug-likeness (QED) is 0.581. The van der Waals surface area contributed by atoms with Crippen molar-refractivity contribution in [3.05, 3.63) is 29.5 Å². The minimum atomic E-state index is -0.368. The molecule has 0 atom stereocenters. The Hall–Kier alpha value is -1.67. The molecular formula is C11H9O4P. The molecule has 1 aliphatic rings. The molecule has 0 radical (unpaired) electrons. The van der Waals surface area contributed by atoms with Gasteiger partial charge in [-0.05, 0) is 18.2 Å². The van der Waals surface area contributed by atoms with Gasteiger partial charge in [-0.15, -0.1) is 0 Å². The molecule has 1 aliphatic heterocycles. The maximum absolute atomic E-state index is 10.8. The molecule has 2 rings (SSSR count). The van der Waals surface area contributed by atoms with E-state index < -0.39 is 0 Å². The predicted molar refractivity (Wildman–Crippen MR) is 58.9 cm³/mol. The van der Waals surface area contributed by atoms with Crippen LogP contribution in [0.25, 0.3) is 6.08 Å². The average molecular weight is 236 g/mol. The number of carbonyl (C=O) groups excluding carboxylic acids is 1. The SMILES string of the molecule is CC(=O)OC1=Cc2ccc(P=O)cc2OC1. The molecule has 0 saturated heterocycles. The first-order valence-corrected chi connectivity index (χ1v) is 5.49. The van der Waals surface area contributed by atoms with Gasteiger partial charge in [0.05, 0.1) is 0 Å². The Morgan fingerprint density at radius 1 is 1.50 bits per heavy atom. The highest BCUT2D eigenvalue weighted by molar-refractivity contribution is 7.34. The molecule has 1 aromatic carbocycles. The number of fused-ring (bicyclic) bond motifs is 1. The highest BCUT2D eigenvalue weighted by Gasteiger charge is 2.14. The van der Waals surface area contributed by atoms with Gasteiger partial charge in [0.2, 0.25) is 0 Å². The number of hydrogen-bond donors (Lipinski definition) is 0. The summed E-state index contributed by atoms with van der Waals surface area (Å²) in [5.41, 5.74) is 0.815. The van der Waals surface area contributed by atoms with Crippen molar-refractivity contribution in [2.45, 2.75) is 6.92 Å². The minimum Gasteiger partial charge on any atom is -0.485 e. The van der Waals surface area contributed by atoms with Crippen LogP contribution in [0.4, 0.5) is 0 Å². The maximum Gasteiger partial charge on any atom is 0.307 e. The topological polar surface area (TPSA) is 52.6 Å². The van der Waals surface area contributed by atoms with Crippen LogP contribution in [0, 0.1) is 0 Å². The first-order chi connectivity index (χ1) is 7.69. The van der Waals surface area contributed by atoms with Crippen LogP contribution < -0.4 is 10.0 Å². The summed E-state index contributed by atoms with van der Waals surface area (Å²) in [6, 6.07) is 5.20. The second kappa shape index (κ2) is 4.45. The van der Waals surface area contributed by atoms with Crippen molar-refractivity contribution in [3.8, 4) is 5.75 Å². The van der Waals surface area contributed by atoms with Crippen LogP contribution >= 0.6 is 8.46 Å². The lowest BCUT2D eigenvalue weighted by Gasteiger charge is -2.17. The van der Waals surface area contributed by atoms with E-state index in [0.717, 1.165) is 5.56 Å². The van der Waals surface area contributed by atoms with Crippen LogP contribution in [0.5, 0.6) is 5.75 Å². The van der Waals surface area contributed by atoms with Crippen molar-refractivity contribution in [1.29, 1.82) is 0 Å². The zero-order valence-electron chi connectivity index (χ0n) is 8.60. The summed E-state index contributed by atoms with van der Waals surface area (Å²) in [7, 11) is -0.0388. The summed E-state index contributed by atoms with van der Waals surface area (Å²) in [6.45, 7) is 1.56. The second-order valence-corrected chi connectivity index (χ2v) is 4.01. The largest absolute Gasteiger partial charge is 0.485 e. The Morgan fingerprint density at radius 3 is 3.00 bits per heavy atom. The van der Waals surface area contributed by atoms with E-state index in [4.69, 9.17) is 9.47 Å². The van der Waals surface area contributed by atoms with Gasteiger partial charge in [0.25, 0.3) is 0 Å². The summed E-state index contributed by atoms with van der Waals surface area (Å²) >= 11 is 0. The van der Waals surface area contributed by atoms with Crippen LogP contribution in [0.15, 0.2) is 24.0 Å². The molecule has 0 unspecified atom stereocenters. The Labute approximate surface area is 94.1 Å². The van der Waals surface area contributed by atoms with Crippen LogP contribution in [-0.2, 0) is 14.1 Å². The number of esters is 1. The first-order valence-electron chi connectivity index (χ1n) is 4.68. The average Bonchev–Trinajstić information content (AvgIpc) is 2.27. The number of hydrogen-bond acceptors (Lipinski definition) is 4. The van der Waals surface area contributed by atoms with E-state index in [0.29, 0.717) is 16.8 Å². The third kappa shape index (κ3) is 2.28. The molecule has 0 aliphatic carbocycles. The molecule has 0 amide bonds. The van der Waals surface area contributed by atoms with Gasteiger partial charge >= 0.3 is 5.97 Å². The van der Waals surface area contributed by atoms with Gasteiger partial charge in [-0.3, -0.25) is 9.36 Å². The Morgan fingerprint density at radius 2 is 2.31 bits per heavy atom. The molecule has 0 saturated carbocycles. The van der Waals surface area contributed by atoms with Crippen LogP contribution in [0.3, 0.4) is 0 Å². The molecule has 5 heteroatoms. The fourth-order valence-corrected chi connectivity index (χ4v) is 1.74. The number of ether oxygens (including phenoxy) is 2. The Kier molecular flexibility index (Phi) is 3.02. The van der Waals surface area contributed by atoms with Crippen molar-refractivity contribution in [2.75, 3.05) is 6.61 Å². The first kappa shape index (κ1) is 10.8. The summed E-state index contributed by atoms with van der Waals surface area (Å²) in [4.78, 5) is 10.8. The number of benzene rings is 1. The monoisotopic (exact) mass is 236 g/mol. The fourth-order valence-electron chi connectivity index (χ4n) is 1.43. The van der Waals surface area contributed by atoms with Crippen molar-refractivity contribution in [1.82, 2.24) is 0 Å². The molecule has 4 nitrogen and oxygen atoms in total. The minimum absolute atomic E-state index is 0.0388. The van der Waals surface area contributed by atoms with Crippen molar-refractivity contribution < 1.29 is 18.8 Å². The van der Waals surface area contributed by atoms with E-state index in [9.17, 15) is 9.36 Å². The molecule has 0 aromatic heterocycles. The summed E-state index contributed by atoms with van der Waals surface area (Å²) < 4.78 is 21.0. The standard InChI is InChI=1S/C11H9O4P/c1-7(12)15-9-4-8-2-3-10(16-13)5-11(8)14-6-9/h2-5H,6H2,1H3. The van der Waals surface area contributed by atoms with Crippen molar-refractivity contribution in [3.63, 3.8) is 0 Å². The van der Waals surface area contributed by atoms with Crippen LogP contribution in [-0.4, -0.2) is 12.6 Å². The van der Waals surface area contributed by atoms with Gasteiger partial charge in [-0.2, -0.15) is 0 Å². The van der Waals surface area contributed by atoms with E-state index in [1.54, 1.807) is 24.3 Å². The molecular weight excluding hydrogens is 227 g/mol. The summed E-state index contributed by atoms with van der Waals surface area (Å²) in [5.74, 6) is 0.761. The molecule has 16 heavy (non-hydrogen) atoms. The molecule has 0 spiro atoms. The van der Waals surface area contributed by atoms with Gasteiger partial charge in [0.1, 0.15) is 18.1 Å². The van der Waals surface area contributed by atoms with E-state index in [2.05, 4.69) is 0 Å². The molecule has 0 fully saturated rings. The lowest BCUT2D eigenvalue weighted by atomic mass is 10.1. The second-order valence-electron chi connectivity index (χ2n) is 3.31. The fraction of sp³-hybridized carbons (Fsp3) is 0.182. The zero-order chi connectivity index (χ0) is 11.5. The third-order valence-corrected chi connectivity index (χ3v) is 2.55. The van der Waals surface area contributed by atoms with Crippen molar-refractivity contribution in [2.24, 2.45) is 0 Å². The predicted octanol–water partition coefficient (Wildman–Crippen LogP) is 1.90. The summed E-state index contributed by atoms with van der Waals surface area (Å²) in [6.07, 6.45) is 1.74. The van der Waals surface area contributed by atoms with E-state index >= 15 is 0 Å². The molecule has 0 N–H and O–H groups in total. The van der Waals surface area contributed by atoms with E-state index in [1.807, 2.05) is 0 Å². The third-order valence-electron chi connectivity index (χ3n) is 2.06. The lowest BCUT2D eigenvalue weighted by Crippen LogP contribution is -2.13. The molecule has 0 bridgehead atoms. The van der Waals surface area contributed by atoms with Crippen LogP contribution in [0.2, 0.25) is 0 Å². The normalized spacial score (nSPS) is 13.7. The Bertz CT molecular complexity index is 479. The number of rotatable bonds is 2. The van der Waals surface area contributed by atoms with Gasteiger partial charge in [0, 0.05) is 17.8 Å². The summed E-state index contributed by atoms with van der Waals surface area (Å²) in [5, 5.41) is 0.656. The number of carbonyl (C=O) groups is 1. The zero-order valence-corrected chi connectivity index (χ0v) is 9.49. The highest BCUT2D eigenvalue weighted by atomic mass is 31.1. The van der Waals surface area contributed by atoms with Crippen LogP contribution in [0.1, 0.15) is 12.5 Å². The van der Waals surface area contributed by atoms with E-state index in [1.165, 1.54) is 6.92 Å². The van der Waals surface area contributed by atoms with Gasteiger partial charge in [-0.1, -0.05) is 6.07 Å². The Balaban J connectivity index is 2.30. The van der Waals surface area contributed by atoms with Gasteiger partial charge < -0.3 is 9.47 Å². The van der Waals surface area contributed by atoms with Gasteiger partial charge in [-0.25, -0.2) is 0 Å². The lowest BCUT2D eigenvalue weighted by molar-refractivity contribution is -0.137. The van der Waals surface area contributed by atoms with E-state index in [-0.39, 0.29) is 21.0 Å². The highest BCUT2D eigenvalue weighted by Crippen LogP contribution is 2.26. The molecule has 82 valence electrons. The molecule has 1 heterocycles. The van der Waals surface area contributed by atoms with Crippen molar-refractivity contribution >= 4 is 25.8 Å².